The first-order valence-electron chi connectivity index (χ1n) is 14.9. The van der Waals surface area contributed by atoms with Gasteiger partial charge < -0.3 is 29.3 Å². The number of hydrogen-bond acceptors (Lipinski definition) is 8. The zero-order valence-electron chi connectivity index (χ0n) is 25.7. The van der Waals surface area contributed by atoms with Crippen molar-refractivity contribution < 1.29 is 43.6 Å². The topological polar surface area (TPSA) is 140 Å². The van der Waals surface area contributed by atoms with Crippen LogP contribution in [0.3, 0.4) is 0 Å². The van der Waals surface area contributed by atoms with Crippen molar-refractivity contribution in [2.24, 2.45) is 5.92 Å². The van der Waals surface area contributed by atoms with Crippen LogP contribution in [-0.4, -0.2) is 71.0 Å². The number of Topliss-reactive ketones (excluding diaryl/α,β-unsaturated/α-hetero) is 2. The molecule has 1 amide bonds. The summed E-state index contributed by atoms with van der Waals surface area (Å²) in [4.78, 5) is 50.0. The summed E-state index contributed by atoms with van der Waals surface area (Å²) in [7, 11) is 1.44. The van der Waals surface area contributed by atoms with Crippen molar-refractivity contribution in [2.45, 2.75) is 78.2 Å². The number of carboxylic acid groups (broad SMARTS) is 1. The number of ether oxygens (including phenoxy) is 3. The minimum atomic E-state index is -1.09. The lowest BCUT2D eigenvalue weighted by Gasteiger charge is -2.41. The van der Waals surface area contributed by atoms with Gasteiger partial charge in [0.2, 0.25) is 5.91 Å². The van der Waals surface area contributed by atoms with Gasteiger partial charge in [-0.15, -0.1) is 0 Å². The molecule has 0 aromatic heterocycles. The molecule has 0 saturated heterocycles. The fourth-order valence-electron chi connectivity index (χ4n) is 5.42. The van der Waals surface area contributed by atoms with Crippen LogP contribution in [-0.2, 0) is 16.0 Å². The Labute approximate surface area is 252 Å². The van der Waals surface area contributed by atoms with E-state index in [1.54, 1.807) is 30.3 Å². The van der Waals surface area contributed by atoms with Gasteiger partial charge in [-0.25, -0.2) is 0 Å². The van der Waals surface area contributed by atoms with Gasteiger partial charge in [-0.3, -0.25) is 19.2 Å². The Bertz CT molecular complexity index is 1340. The fraction of sp³-hybridized carbons (Fsp3) is 0.515. The van der Waals surface area contributed by atoms with E-state index in [4.69, 9.17) is 19.3 Å². The summed E-state index contributed by atoms with van der Waals surface area (Å²) in [6.07, 6.45) is 3.58. The van der Waals surface area contributed by atoms with E-state index in [-0.39, 0.29) is 41.6 Å². The summed E-state index contributed by atoms with van der Waals surface area (Å²) < 4.78 is 18.2. The zero-order chi connectivity index (χ0) is 31.7. The predicted molar refractivity (Wildman–Crippen MR) is 160 cm³/mol. The summed E-state index contributed by atoms with van der Waals surface area (Å²) in [5.41, 5.74) is 0.429. The van der Waals surface area contributed by atoms with Crippen LogP contribution in [0.2, 0.25) is 0 Å². The van der Waals surface area contributed by atoms with Gasteiger partial charge in [0.05, 0.1) is 30.3 Å². The monoisotopic (exact) mass is 597 g/mol. The lowest BCUT2D eigenvalue weighted by Crippen LogP contribution is -2.49. The highest BCUT2D eigenvalue weighted by atomic mass is 16.5. The molecule has 1 aliphatic rings. The van der Waals surface area contributed by atoms with Crippen molar-refractivity contribution in [3.05, 3.63) is 47.0 Å². The van der Waals surface area contributed by atoms with Gasteiger partial charge in [-0.2, -0.15) is 0 Å². The number of likely N-dealkylation sites (N-methyl/N-ethyl adjacent to an activating group) is 1. The molecule has 0 saturated carbocycles. The van der Waals surface area contributed by atoms with Crippen molar-refractivity contribution in [3.8, 4) is 23.0 Å². The molecular weight excluding hydrogens is 554 g/mol. The zero-order valence-corrected chi connectivity index (χ0v) is 25.7. The molecule has 0 radical (unpaired) electrons. The maximum Gasteiger partial charge on any atom is 0.323 e. The Morgan fingerprint density at radius 3 is 2.44 bits per heavy atom. The second-order valence-electron chi connectivity index (χ2n) is 11.2. The molecule has 234 valence electrons. The first kappa shape index (κ1) is 33.4. The van der Waals surface area contributed by atoms with Crippen LogP contribution in [0.5, 0.6) is 23.0 Å². The summed E-state index contributed by atoms with van der Waals surface area (Å²) in [5.74, 6) is -0.676. The number of carbonyl (C=O) groups is 4. The molecule has 2 aromatic carbocycles. The van der Waals surface area contributed by atoms with Gasteiger partial charge in [-0.1, -0.05) is 26.7 Å². The molecule has 1 heterocycles. The van der Waals surface area contributed by atoms with Crippen LogP contribution in [0.1, 0.15) is 92.5 Å². The number of benzene rings is 2. The lowest BCUT2D eigenvalue weighted by atomic mass is 9.75. The van der Waals surface area contributed by atoms with Gasteiger partial charge in [0, 0.05) is 31.5 Å². The maximum atomic E-state index is 13.5. The second kappa shape index (κ2) is 14.9. The number of carboxylic acids is 1. The Morgan fingerprint density at radius 1 is 1.07 bits per heavy atom. The van der Waals surface area contributed by atoms with Crippen molar-refractivity contribution in [2.75, 3.05) is 26.8 Å². The average Bonchev–Trinajstić information content (AvgIpc) is 2.94. The number of carbonyl (C=O) groups excluding carboxylic acids is 3. The van der Waals surface area contributed by atoms with Crippen LogP contribution in [0, 0.1) is 5.92 Å². The molecule has 2 atom stereocenters. The molecule has 2 unspecified atom stereocenters. The molecule has 2 N–H and O–H groups in total. The van der Waals surface area contributed by atoms with Gasteiger partial charge in [0.25, 0.3) is 0 Å². The highest BCUT2D eigenvalue weighted by Crippen LogP contribution is 2.43. The highest BCUT2D eigenvalue weighted by Gasteiger charge is 2.46. The summed E-state index contributed by atoms with van der Waals surface area (Å²) in [6.45, 7) is 7.49. The number of rotatable bonds is 16. The highest BCUT2D eigenvalue weighted by molar-refractivity contribution is 6.02. The van der Waals surface area contributed by atoms with Gasteiger partial charge in [0.15, 0.2) is 11.6 Å². The van der Waals surface area contributed by atoms with E-state index in [0.717, 1.165) is 17.7 Å². The molecule has 3 rings (SSSR count). The van der Waals surface area contributed by atoms with Crippen LogP contribution >= 0.6 is 0 Å². The van der Waals surface area contributed by atoms with E-state index < -0.39 is 24.0 Å². The number of phenolic OH excluding ortho intramolecular Hbond substituents is 1. The molecule has 0 spiro atoms. The maximum absolute atomic E-state index is 13.5. The number of hydrogen-bond donors (Lipinski definition) is 2. The third-order valence-electron chi connectivity index (χ3n) is 7.76. The van der Waals surface area contributed by atoms with E-state index >= 15 is 0 Å². The third kappa shape index (κ3) is 8.27. The van der Waals surface area contributed by atoms with Crippen molar-refractivity contribution in [1.29, 1.82) is 0 Å². The molecule has 0 bridgehead atoms. The molecule has 0 aliphatic carbocycles. The number of amides is 1. The van der Waals surface area contributed by atoms with Crippen molar-refractivity contribution in [3.63, 3.8) is 0 Å². The molecular formula is C33H43NO9. The molecule has 0 fully saturated rings. The first-order valence-corrected chi connectivity index (χ1v) is 14.9. The SMILES string of the molecule is CCCc1c(OCCCOc2ccc3c(c2)OC(C)(CCC(=O)N(C)CC(=O)O)C(CCC)C3=O)ccc(C(C)=O)c1O. The number of fused-ring (bicyclic) bond motifs is 1. The number of ketones is 2. The molecule has 10 nitrogen and oxygen atoms in total. The van der Waals surface area contributed by atoms with Crippen molar-refractivity contribution >= 4 is 23.4 Å². The number of nitrogens with zero attached hydrogens (tertiary/aromatic N) is 1. The van der Waals surface area contributed by atoms with E-state index in [1.807, 2.05) is 20.8 Å². The van der Waals surface area contributed by atoms with E-state index in [1.165, 1.54) is 14.0 Å². The Morgan fingerprint density at radius 2 is 1.79 bits per heavy atom. The summed E-state index contributed by atoms with van der Waals surface area (Å²) >= 11 is 0. The molecule has 43 heavy (non-hydrogen) atoms. The van der Waals surface area contributed by atoms with Crippen LogP contribution in [0.15, 0.2) is 30.3 Å². The quantitative estimate of drug-likeness (QED) is 0.190. The molecule has 10 heteroatoms. The fourth-order valence-corrected chi connectivity index (χ4v) is 5.42. The lowest BCUT2D eigenvalue weighted by molar-refractivity contribution is -0.143. The normalized spacial score (nSPS) is 17.5. The largest absolute Gasteiger partial charge is 0.507 e. The van der Waals surface area contributed by atoms with Crippen LogP contribution in [0.25, 0.3) is 0 Å². The second-order valence-corrected chi connectivity index (χ2v) is 11.2. The number of phenols is 1. The Balaban J connectivity index is 1.64. The third-order valence-corrected chi connectivity index (χ3v) is 7.76. The Kier molecular flexibility index (Phi) is 11.6. The summed E-state index contributed by atoms with van der Waals surface area (Å²) in [5, 5.41) is 19.5. The van der Waals surface area contributed by atoms with E-state index in [2.05, 4.69) is 0 Å². The van der Waals surface area contributed by atoms with Gasteiger partial charge in [-0.05, 0) is 57.4 Å². The van der Waals surface area contributed by atoms with Crippen molar-refractivity contribution in [1.82, 2.24) is 4.90 Å². The smallest absolute Gasteiger partial charge is 0.323 e. The van der Waals surface area contributed by atoms with Crippen LogP contribution in [0.4, 0.5) is 0 Å². The molecule has 1 aliphatic heterocycles. The minimum absolute atomic E-state index is 0.0310. The predicted octanol–water partition coefficient (Wildman–Crippen LogP) is 5.47. The van der Waals surface area contributed by atoms with Gasteiger partial charge in [0.1, 0.15) is 35.1 Å². The van der Waals surface area contributed by atoms with Gasteiger partial charge >= 0.3 is 5.97 Å². The minimum Gasteiger partial charge on any atom is -0.507 e. The summed E-state index contributed by atoms with van der Waals surface area (Å²) in [6, 6.07) is 8.40. The van der Waals surface area contributed by atoms with E-state index in [9.17, 15) is 24.3 Å². The Hall–Kier alpha value is -4.08. The number of aromatic hydroxyl groups is 1. The standard InChI is InChI=1S/C33H43NO9/c1-6-9-24-27(14-13-23(21(3)35)31(24)39)42-18-8-17-41-22-11-12-25-28(19-22)43-33(4,26(10-7-2)32(25)40)16-15-29(36)34(5)20-30(37)38/h11-14,19,26,39H,6-10,15-18,20H2,1-5H3,(H,37,38). The number of aliphatic carboxylic acids is 1. The average molecular weight is 598 g/mol. The van der Waals surface area contributed by atoms with E-state index in [0.29, 0.717) is 60.9 Å². The molecule has 2 aromatic rings. The van der Waals surface area contributed by atoms with Crippen LogP contribution < -0.4 is 14.2 Å². The first-order chi connectivity index (χ1) is 20.4.